The van der Waals surface area contributed by atoms with Gasteiger partial charge in [0.1, 0.15) is 0 Å². The molecule has 1 N–H and O–H groups in total. The maximum absolute atomic E-state index is 12.9. The Hall–Kier alpha value is -1.35. The van der Waals surface area contributed by atoms with Crippen LogP contribution in [0, 0.1) is 5.92 Å². The molecule has 1 aromatic carbocycles. The first-order valence-electron chi connectivity index (χ1n) is 8.22. The minimum absolute atomic E-state index is 0.00911. The van der Waals surface area contributed by atoms with E-state index in [1.165, 1.54) is 0 Å². The topological polar surface area (TPSA) is 32.3 Å². The fourth-order valence-electron chi connectivity index (χ4n) is 3.48. The molecule has 0 saturated carbocycles. The summed E-state index contributed by atoms with van der Waals surface area (Å²) in [7, 11) is 2.03. The molecule has 1 fully saturated rings. The lowest BCUT2D eigenvalue weighted by Crippen LogP contribution is -2.51. The third kappa shape index (κ3) is 3.65. The van der Waals surface area contributed by atoms with Gasteiger partial charge >= 0.3 is 0 Å². The average molecular weight is 288 g/mol. The highest BCUT2D eigenvalue weighted by molar-refractivity contribution is 5.83. The van der Waals surface area contributed by atoms with Crippen LogP contribution in [0.15, 0.2) is 30.3 Å². The molecule has 1 aliphatic rings. The zero-order valence-corrected chi connectivity index (χ0v) is 13.5. The van der Waals surface area contributed by atoms with Crippen molar-refractivity contribution in [3.8, 4) is 0 Å². The minimum Gasteiger partial charge on any atom is -0.342 e. The Morgan fingerprint density at radius 3 is 2.62 bits per heavy atom. The predicted molar refractivity (Wildman–Crippen MR) is 87.3 cm³/mol. The van der Waals surface area contributed by atoms with Crippen LogP contribution in [-0.4, -0.2) is 37.0 Å². The third-order valence-corrected chi connectivity index (χ3v) is 4.85. The van der Waals surface area contributed by atoms with E-state index >= 15 is 0 Å². The number of hydrogen-bond acceptors (Lipinski definition) is 2. The molecule has 1 saturated heterocycles. The number of piperidine rings is 1. The summed E-state index contributed by atoms with van der Waals surface area (Å²) >= 11 is 0. The lowest BCUT2D eigenvalue weighted by atomic mass is 9.88. The Bertz CT molecular complexity index is 446. The van der Waals surface area contributed by atoms with E-state index in [9.17, 15) is 4.79 Å². The second kappa shape index (κ2) is 7.60. The molecule has 3 atom stereocenters. The quantitative estimate of drug-likeness (QED) is 0.903. The van der Waals surface area contributed by atoms with E-state index in [2.05, 4.69) is 36.2 Å². The van der Waals surface area contributed by atoms with Gasteiger partial charge in [-0.1, -0.05) is 50.6 Å². The summed E-state index contributed by atoms with van der Waals surface area (Å²) in [6.45, 7) is 6.10. The van der Waals surface area contributed by atoms with Gasteiger partial charge in [-0.15, -0.1) is 0 Å². The van der Waals surface area contributed by atoms with Crippen molar-refractivity contribution in [2.24, 2.45) is 5.92 Å². The number of benzene rings is 1. The highest BCUT2D eigenvalue weighted by atomic mass is 16.2. The molecule has 1 heterocycles. The second-order valence-corrected chi connectivity index (χ2v) is 6.01. The molecule has 2 rings (SSSR count). The van der Waals surface area contributed by atoms with Crippen LogP contribution in [0.2, 0.25) is 0 Å². The van der Waals surface area contributed by atoms with E-state index < -0.39 is 0 Å². The molecular weight excluding hydrogens is 260 g/mol. The normalized spacial score (nSPS) is 23.9. The number of nitrogens with zero attached hydrogens (tertiary/aromatic N) is 1. The number of amides is 1. The zero-order chi connectivity index (χ0) is 15.2. The number of carbonyl (C=O) groups excluding carboxylic acids is 1. The summed E-state index contributed by atoms with van der Waals surface area (Å²) in [4.78, 5) is 15.0. The highest BCUT2D eigenvalue weighted by Gasteiger charge is 2.32. The molecule has 3 nitrogen and oxygen atoms in total. The van der Waals surface area contributed by atoms with Gasteiger partial charge in [-0.05, 0) is 31.4 Å². The molecule has 1 amide bonds. The Morgan fingerprint density at radius 1 is 1.33 bits per heavy atom. The van der Waals surface area contributed by atoms with Crippen LogP contribution in [0.25, 0.3) is 0 Å². The van der Waals surface area contributed by atoms with Gasteiger partial charge in [-0.3, -0.25) is 4.79 Å². The first-order valence-corrected chi connectivity index (χ1v) is 8.22. The number of carbonyl (C=O) groups is 1. The Balaban J connectivity index is 2.08. The molecule has 1 aliphatic heterocycles. The van der Waals surface area contributed by atoms with Crippen molar-refractivity contribution in [1.82, 2.24) is 10.2 Å². The van der Waals surface area contributed by atoms with Crippen molar-refractivity contribution in [3.05, 3.63) is 35.9 Å². The van der Waals surface area contributed by atoms with Crippen molar-refractivity contribution in [1.29, 1.82) is 0 Å². The van der Waals surface area contributed by atoms with E-state index in [1.807, 2.05) is 25.2 Å². The largest absolute Gasteiger partial charge is 0.342 e. The molecule has 21 heavy (non-hydrogen) atoms. The van der Waals surface area contributed by atoms with Crippen LogP contribution in [0.5, 0.6) is 0 Å². The zero-order valence-electron chi connectivity index (χ0n) is 13.5. The summed E-state index contributed by atoms with van der Waals surface area (Å²) < 4.78 is 0. The van der Waals surface area contributed by atoms with Gasteiger partial charge in [-0.25, -0.2) is 0 Å². The Kier molecular flexibility index (Phi) is 5.80. The summed E-state index contributed by atoms with van der Waals surface area (Å²) in [5.41, 5.74) is 1.15. The van der Waals surface area contributed by atoms with Crippen molar-refractivity contribution in [3.63, 3.8) is 0 Å². The maximum Gasteiger partial charge on any atom is 0.230 e. The molecule has 3 unspecified atom stereocenters. The van der Waals surface area contributed by atoms with Gasteiger partial charge < -0.3 is 10.2 Å². The standard InChI is InChI=1S/C18H28N2O/c1-4-14-13-20(12-11-17(14)19-3)18(21)16(5-2)15-9-7-6-8-10-15/h6-10,14,16-17,19H,4-5,11-13H2,1-3H3. The molecular formula is C18H28N2O. The number of rotatable bonds is 5. The molecule has 3 heteroatoms. The van der Waals surface area contributed by atoms with Crippen molar-refractivity contribution in [2.75, 3.05) is 20.1 Å². The van der Waals surface area contributed by atoms with Gasteiger partial charge in [0.05, 0.1) is 5.92 Å². The number of nitrogens with one attached hydrogen (secondary N) is 1. The van der Waals surface area contributed by atoms with Gasteiger partial charge in [0.25, 0.3) is 0 Å². The summed E-state index contributed by atoms with van der Waals surface area (Å²) in [5, 5.41) is 3.40. The lowest BCUT2D eigenvalue weighted by Gasteiger charge is -2.39. The van der Waals surface area contributed by atoms with Crippen LogP contribution >= 0.6 is 0 Å². The first-order chi connectivity index (χ1) is 10.2. The van der Waals surface area contributed by atoms with E-state index in [-0.39, 0.29) is 5.92 Å². The van der Waals surface area contributed by atoms with E-state index in [1.54, 1.807) is 0 Å². The number of likely N-dealkylation sites (tertiary alicyclic amines) is 1. The lowest BCUT2D eigenvalue weighted by molar-refractivity contribution is -0.135. The SMILES string of the molecule is CCC(C(=O)N1CCC(NC)C(CC)C1)c1ccccc1. The summed E-state index contributed by atoms with van der Waals surface area (Å²) in [5.74, 6) is 0.882. The Morgan fingerprint density at radius 2 is 2.05 bits per heavy atom. The fourth-order valence-corrected chi connectivity index (χ4v) is 3.48. The molecule has 0 spiro atoms. The third-order valence-electron chi connectivity index (χ3n) is 4.85. The van der Waals surface area contributed by atoms with Crippen LogP contribution in [0.4, 0.5) is 0 Å². The molecule has 0 aromatic heterocycles. The molecule has 0 radical (unpaired) electrons. The van der Waals surface area contributed by atoms with E-state index in [4.69, 9.17) is 0 Å². The molecule has 1 aromatic rings. The summed E-state index contributed by atoms with van der Waals surface area (Å²) in [6, 6.07) is 10.7. The molecule has 116 valence electrons. The van der Waals surface area contributed by atoms with Gasteiger partial charge in [0.15, 0.2) is 0 Å². The van der Waals surface area contributed by atoms with Crippen LogP contribution in [-0.2, 0) is 4.79 Å². The highest BCUT2D eigenvalue weighted by Crippen LogP contribution is 2.26. The monoisotopic (exact) mass is 288 g/mol. The number of hydrogen-bond donors (Lipinski definition) is 1. The first kappa shape index (κ1) is 16.0. The van der Waals surface area contributed by atoms with Crippen molar-refractivity contribution < 1.29 is 4.79 Å². The van der Waals surface area contributed by atoms with Crippen LogP contribution in [0.3, 0.4) is 0 Å². The van der Waals surface area contributed by atoms with E-state index in [0.717, 1.165) is 37.9 Å². The predicted octanol–water partition coefficient (Wildman–Crippen LogP) is 3.03. The molecule has 0 aliphatic carbocycles. The summed E-state index contributed by atoms with van der Waals surface area (Å²) in [6.07, 6.45) is 3.05. The van der Waals surface area contributed by atoms with E-state index in [0.29, 0.717) is 17.9 Å². The van der Waals surface area contributed by atoms with Crippen LogP contribution in [0.1, 0.15) is 44.6 Å². The minimum atomic E-state index is 0.00911. The maximum atomic E-state index is 12.9. The van der Waals surface area contributed by atoms with Crippen molar-refractivity contribution >= 4 is 5.91 Å². The smallest absolute Gasteiger partial charge is 0.230 e. The fraction of sp³-hybridized carbons (Fsp3) is 0.611. The van der Waals surface area contributed by atoms with Crippen molar-refractivity contribution in [2.45, 2.75) is 45.1 Å². The second-order valence-electron chi connectivity index (χ2n) is 6.01. The van der Waals surface area contributed by atoms with Gasteiger partial charge in [0, 0.05) is 19.1 Å². The van der Waals surface area contributed by atoms with Gasteiger partial charge in [0.2, 0.25) is 5.91 Å². The molecule has 0 bridgehead atoms. The van der Waals surface area contributed by atoms with Crippen LogP contribution < -0.4 is 5.32 Å². The average Bonchev–Trinajstić information content (AvgIpc) is 2.55. The Labute approximate surface area is 128 Å². The van der Waals surface area contributed by atoms with Gasteiger partial charge in [-0.2, -0.15) is 0 Å².